The van der Waals surface area contributed by atoms with Crippen LogP contribution in [0.15, 0.2) is 24.3 Å². The quantitative estimate of drug-likeness (QED) is 0.864. The van der Waals surface area contributed by atoms with Crippen LogP contribution >= 0.6 is 0 Å². The van der Waals surface area contributed by atoms with E-state index >= 15 is 0 Å². The molecule has 0 aliphatic carbocycles. The van der Waals surface area contributed by atoms with E-state index in [1.165, 1.54) is 19.4 Å². The van der Waals surface area contributed by atoms with Gasteiger partial charge < -0.3 is 9.84 Å². The maximum Gasteiger partial charge on any atom is 0.119 e. The summed E-state index contributed by atoms with van der Waals surface area (Å²) in [7, 11) is 0. The molecule has 0 radical (unpaired) electrons. The van der Waals surface area contributed by atoms with Gasteiger partial charge in [0.15, 0.2) is 0 Å². The molecule has 1 aliphatic heterocycles. The SMILES string of the molecule is CC1CCCN(CCOc2ccc(C#CCO)cc2)C1C. The Morgan fingerprint density at radius 1 is 1.29 bits per heavy atom. The molecule has 0 spiro atoms. The van der Waals surface area contributed by atoms with Gasteiger partial charge in [-0.3, -0.25) is 4.90 Å². The first kappa shape index (κ1) is 15.9. The van der Waals surface area contributed by atoms with E-state index in [1.54, 1.807) is 0 Å². The van der Waals surface area contributed by atoms with Crippen molar-refractivity contribution in [2.75, 3.05) is 26.3 Å². The van der Waals surface area contributed by atoms with Gasteiger partial charge in [-0.1, -0.05) is 18.8 Å². The fraction of sp³-hybridized carbons (Fsp3) is 0.556. The van der Waals surface area contributed by atoms with E-state index in [4.69, 9.17) is 9.84 Å². The topological polar surface area (TPSA) is 32.7 Å². The van der Waals surface area contributed by atoms with Crippen molar-refractivity contribution in [1.29, 1.82) is 0 Å². The van der Waals surface area contributed by atoms with Crippen molar-refractivity contribution >= 4 is 0 Å². The van der Waals surface area contributed by atoms with Crippen molar-refractivity contribution in [3.05, 3.63) is 29.8 Å². The Hall–Kier alpha value is -1.50. The highest BCUT2D eigenvalue weighted by Gasteiger charge is 2.23. The summed E-state index contributed by atoms with van der Waals surface area (Å²) in [6.45, 7) is 7.44. The molecular weight excluding hydrogens is 262 g/mol. The van der Waals surface area contributed by atoms with Crippen LogP contribution in [-0.4, -0.2) is 42.4 Å². The molecule has 114 valence electrons. The summed E-state index contributed by atoms with van der Waals surface area (Å²) >= 11 is 0. The first-order valence-electron chi connectivity index (χ1n) is 7.77. The lowest BCUT2D eigenvalue weighted by Crippen LogP contribution is -2.44. The lowest BCUT2D eigenvalue weighted by molar-refractivity contribution is 0.0958. The standard InChI is InChI=1S/C18H25NO2/c1-15-5-3-11-19(16(15)2)12-14-21-18-9-7-17(8-10-18)6-4-13-20/h7-10,15-16,20H,3,5,11-14H2,1-2H3. The molecule has 1 aromatic rings. The number of hydrogen-bond donors (Lipinski definition) is 1. The molecule has 1 saturated heterocycles. The number of hydrogen-bond acceptors (Lipinski definition) is 3. The third-order valence-corrected chi connectivity index (χ3v) is 4.32. The lowest BCUT2D eigenvalue weighted by Gasteiger charge is -2.37. The van der Waals surface area contributed by atoms with Crippen LogP contribution in [0.25, 0.3) is 0 Å². The average molecular weight is 287 g/mol. The Balaban J connectivity index is 1.78. The summed E-state index contributed by atoms with van der Waals surface area (Å²) < 4.78 is 5.81. The molecule has 1 aromatic carbocycles. The Bertz CT molecular complexity index is 486. The van der Waals surface area contributed by atoms with Crippen molar-refractivity contribution < 1.29 is 9.84 Å². The number of nitrogens with zero attached hydrogens (tertiary/aromatic N) is 1. The van der Waals surface area contributed by atoms with Gasteiger partial charge in [-0.05, 0) is 56.5 Å². The molecule has 3 nitrogen and oxygen atoms in total. The Morgan fingerprint density at radius 3 is 2.76 bits per heavy atom. The van der Waals surface area contributed by atoms with Crippen LogP contribution in [0.4, 0.5) is 0 Å². The van der Waals surface area contributed by atoms with E-state index in [0.717, 1.165) is 30.4 Å². The highest BCUT2D eigenvalue weighted by atomic mass is 16.5. The number of aliphatic hydroxyl groups is 1. The van der Waals surface area contributed by atoms with Gasteiger partial charge in [-0.2, -0.15) is 0 Å². The molecular formula is C18H25NO2. The summed E-state index contributed by atoms with van der Waals surface area (Å²) in [4.78, 5) is 2.52. The van der Waals surface area contributed by atoms with Crippen LogP contribution in [0, 0.1) is 17.8 Å². The minimum Gasteiger partial charge on any atom is -0.492 e. The Labute approximate surface area is 127 Å². The summed E-state index contributed by atoms with van der Waals surface area (Å²) in [6.07, 6.45) is 2.64. The Kier molecular flexibility index (Phi) is 6.10. The zero-order valence-corrected chi connectivity index (χ0v) is 13.0. The first-order valence-corrected chi connectivity index (χ1v) is 7.77. The maximum atomic E-state index is 8.66. The third-order valence-electron chi connectivity index (χ3n) is 4.32. The zero-order chi connectivity index (χ0) is 15.1. The lowest BCUT2D eigenvalue weighted by atomic mass is 9.92. The highest BCUT2D eigenvalue weighted by molar-refractivity contribution is 5.38. The summed E-state index contributed by atoms with van der Waals surface area (Å²) in [5.74, 6) is 7.17. The highest BCUT2D eigenvalue weighted by Crippen LogP contribution is 2.22. The minimum absolute atomic E-state index is 0.106. The summed E-state index contributed by atoms with van der Waals surface area (Å²) in [6, 6.07) is 8.36. The van der Waals surface area contributed by atoms with Gasteiger partial charge in [0.05, 0.1) is 0 Å². The van der Waals surface area contributed by atoms with Crippen molar-refractivity contribution in [3.8, 4) is 17.6 Å². The largest absolute Gasteiger partial charge is 0.492 e. The molecule has 1 N–H and O–H groups in total. The number of benzene rings is 1. The van der Waals surface area contributed by atoms with Gasteiger partial charge in [-0.15, -0.1) is 0 Å². The van der Waals surface area contributed by atoms with E-state index in [0.29, 0.717) is 6.04 Å². The predicted molar refractivity (Wildman–Crippen MR) is 85.3 cm³/mol. The minimum atomic E-state index is -0.106. The normalized spacial score (nSPS) is 22.4. The molecule has 3 heteroatoms. The van der Waals surface area contributed by atoms with Gasteiger partial charge in [0.25, 0.3) is 0 Å². The van der Waals surface area contributed by atoms with Gasteiger partial charge in [0, 0.05) is 18.2 Å². The number of piperidine rings is 1. The van der Waals surface area contributed by atoms with Crippen molar-refractivity contribution in [3.63, 3.8) is 0 Å². The summed E-state index contributed by atoms with van der Waals surface area (Å²) in [5, 5.41) is 8.66. The summed E-state index contributed by atoms with van der Waals surface area (Å²) in [5.41, 5.74) is 0.898. The van der Waals surface area contributed by atoms with Gasteiger partial charge in [-0.25, -0.2) is 0 Å². The smallest absolute Gasteiger partial charge is 0.119 e. The van der Waals surface area contributed by atoms with Gasteiger partial charge in [0.1, 0.15) is 19.0 Å². The van der Waals surface area contributed by atoms with Crippen LogP contribution in [0.5, 0.6) is 5.75 Å². The van der Waals surface area contributed by atoms with Crippen molar-refractivity contribution in [2.24, 2.45) is 5.92 Å². The molecule has 0 amide bonds. The van der Waals surface area contributed by atoms with E-state index in [-0.39, 0.29) is 6.61 Å². The van der Waals surface area contributed by atoms with E-state index in [9.17, 15) is 0 Å². The van der Waals surface area contributed by atoms with Crippen molar-refractivity contribution in [2.45, 2.75) is 32.7 Å². The van der Waals surface area contributed by atoms with Crippen LogP contribution in [0.2, 0.25) is 0 Å². The molecule has 21 heavy (non-hydrogen) atoms. The van der Waals surface area contributed by atoms with Crippen LogP contribution in [0.3, 0.4) is 0 Å². The monoisotopic (exact) mass is 287 g/mol. The number of likely N-dealkylation sites (tertiary alicyclic amines) is 1. The van der Waals surface area contributed by atoms with Gasteiger partial charge >= 0.3 is 0 Å². The van der Waals surface area contributed by atoms with E-state index < -0.39 is 0 Å². The number of aliphatic hydroxyl groups excluding tert-OH is 1. The second-order valence-corrected chi connectivity index (χ2v) is 5.73. The van der Waals surface area contributed by atoms with Crippen molar-refractivity contribution in [1.82, 2.24) is 4.90 Å². The van der Waals surface area contributed by atoms with Gasteiger partial charge in [0.2, 0.25) is 0 Å². The zero-order valence-electron chi connectivity index (χ0n) is 13.0. The first-order chi connectivity index (χ1) is 10.2. The number of ether oxygens (including phenoxy) is 1. The second kappa shape index (κ2) is 8.07. The molecule has 0 aromatic heterocycles. The van der Waals surface area contributed by atoms with E-state index in [2.05, 4.69) is 30.6 Å². The Morgan fingerprint density at radius 2 is 2.05 bits per heavy atom. The average Bonchev–Trinajstić information content (AvgIpc) is 2.51. The molecule has 2 unspecified atom stereocenters. The van der Waals surface area contributed by atoms with Crippen LogP contribution < -0.4 is 4.74 Å². The molecule has 2 rings (SSSR count). The fourth-order valence-corrected chi connectivity index (χ4v) is 2.79. The maximum absolute atomic E-state index is 8.66. The predicted octanol–water partition coefficient (Wildman–Crippen LogP) is 2.53. The third kappa shape index (κ3) is 4.77. The molecule has 2 atom stereocenters. The van der Waals surface area contributed by atoms with E-state index in [1.807, 2.05) is 24.3 Å². The molecule has 1 heterocycles. The second-order valence-electron chi connectivity index (χ2n) is 5.73. The molecule has 1 aliphatic rings. The number of rotatable bonds is 4. The molecule has 0 saturated carbocycles. The molecule has 0 bridgehead atoms. The molecule has 1 fully saturated rings. The fourth-order valence-electron chi connectivity index (χ4n) is 2.79. The van der Waals surface area contributed by atoms with Crippen LogP contribution in [0.1, 0.15) is 32.3 Å². The van der Waals surface area contributed by atoms with Crippen LogP contribution in [-0.2, 0) is 0 Å².